The molecule has 2 heterocycles. The molecule has 24 heavy (non-hydrogen) atoms. The van der Waals surface area contributed by atoms with Crippen molar-refractivity contribution in [1.29, 1.82) is 0 Å². The fourth-order valence-electron chi connectivity index (χ4n) is 6.06. The normalized spacial score (nSPS) is 38.9. The molecular formula is C21H23N3. The molecule has 0 N–H and O–H groups in total. The fraction of sp³-hybridized carbons (Fsp3) is 0.524. The molecule has 4 aliphatic carbocycles. The molecule has 0 saturated heterocycles. The Morgan fingerprint density at radius 2 is 2.00 bits per heavy atom. The third kappa shape index (κ3) is 2.28. The van der Waals surface area contributed by atoms with Crippen LogP contribution in [0, 0.1) is 29.1 Å². The van der Waals surface area contributed by atoms with Crippen LogP contribution in [0.1, 0.15) is 44.2 Å². The van der Waals surface area contributed by atoms with Gasteiger partial charge in [0.15, 0.2) is 0 Å². The van der Waals surface area contributed by atoms with Gasteiger partial charge in [0.05, 0.1) is 6.54 Å². The molecule has 0 aromatic carbocycles. The van der Waals surface area contributed by atoms with Crippen molar-refractivity contribution < 1.29 is 0 Å². The summed E-state index contributed by atoms with van der Waals surface area (Å²) in [6.45, 7) is 0.958. The van der Waals surface area contributed by atoms with Crippen LogP contribution in [0.4, 0.5) is 0 Å². The number of hydrogen-bond donors (Lipinski definition) is 0. The molecule has 2 unspecified atom stereocenters. The van der Waals surface area contributed by atoms with E-state index in [0.29, 0.717) is 5.54 Å². The Balaban J connectivity index is 1.49. The Bertz CT molecular complexity index is 738. The van der Waals surface area contributed by atoms with E-state index in [4.69, 9.17) is 0 Å². The van der Waals surface area contributed by atoms with Gasteiger partial charge < -0.3 is 4.90 Å². The van der Waals surface area contributed by atoms with Crippen LogP contribution in [0.25, 0.3) is 0 Å². The van der Waals surface area contributed by atoms with Crippen LogP contribution < -0.4 is 0 Å². The largest absolute Gasteiger partial charge is 0.365 e. The molecule has 0 amide bonds. The maximum atomic E-state index is 4.39. The summed E-state index contributed by atoms with van der Waals surface area (Å²) in [6.07, 6.45) is 15.9. The van der Waals surface area contributed by atoms with Crippen LogP contribution in [-0.4, -0.2) is 28.2 Å². The lowest BCUT2D eigenvalue weighted by atomic mass is 9.46. The van der Waals surface area contributed by atoms with Crippen LogP contribution in [0.3, 0.4) is 0 Å². The maximum absolute atomic E-state index is 4.39. The molecule has 0 spiro atoms. The summed E-state index contributed by atoms with van der Waals surface area (Å²) >= 11 is 0. The molecule has 4 bridgehead atoms. The van der Waals surface area contributed by atoms with Gasteiger partial charge in [0.25, 0.3) is 0 Å². The van der Waals surface area contributed by atoms with Crippen LogP contribution >= 0.6 is 0 Å². The van der Waals surface area contributed by atoms with E-state index in [1.807, 2.05) is 36.8 Å². The second-order valence-electron chi connectivity index (χ2n) is 8.21. The lowest BCUT2D eigenvalue weighted by molar-refractivity contribution is -0.0923. The number of aromatic nitrogens is 1. The second kappa shape index (κ2) is 5.21. The lowest BCUT2D eigenvalue weighted by Gasteiger charge is -2.63. The van der Waals surface area contributed by atoms with Crippen molar-refractivity contribution in [3.05, 3.63) is 42.5 Å². The predicted octanol–water partition coefficient (Wildman–Crippen LogP) is 3.63. The molecule has 1 aliphatic heterocycles. The van der Waals surface area contributed by atoms with Crippen LogP contribution in [-0.2, 0) is 0 Å². The SMILES string of the molecule is C(#CC12CC3CC(C1)CC(N1C=CN=CC1)(C3)C2)c1ccccn1. The van der Waals surface area contributed by atoms with Gasteiger partial charge in [-0.1, -0.05) is 12.0 Å². The Morgan fingerprint density at radius 1 is 1.12 bits per heavy atom. The van der Waals surface area contributed by atoms with E-state index in [0.717, 1.165) is 24.1 Å². The number of aliphatic imine (C=N–C) groups is 1. The van der Waals surface area contributed by atoms with Crippen molar-refractivity contribution in [1.82, 2.24) is 9.88 Å². The molecule has 5 aliphatic rings. The van der Waals surface area contributed by atoms with Crippen molar-refractivity contribution in [3.63, 3.8) is 0 Å². The van der Waals surface area contributed by atoms with Gasteiger partial charge in [0, 0.05) is 35.8 Å². The summed E-state index contributed by atoms with van der Waals surface area (Å²) in [5.74, 6) is 8.80. The second-order valence-corrected chi connectivity index (χ2v) is 8.21. The number of pyridine rings is 1. The Hall–Kier alpha value is -2.08. The molecule has 0 radical (unpaired) electrons. The monoisotopic (exact) mass is 317 g/mol. The summed E-state index contributed by atoms with van der Waals surface area (Å²) < 4.78 is 0. The van der Waals surface area contributed by atoms with Crippen LogP contribution in [0.15, 0.2) is 41.8 Å². The van der Waals surface area contributed by atoms with Crippen molar-refractivity contribution in [2.45, 2.75) is 44.1 Å². The standard InChI is InChI=1S/C21H23N3/c1-2-6-23-19(3-1)4-5-20-12-17-11-18(13-20)15-21(14-17,16-20)24-9-7-22-8-10-24/h1-3,6-9,17-18H,10-16H2. The highest BCUT2D eigenvalue weighted by Gasteiger charge is 2.58. The molecule has 3 heteroatoms. The van der Waals surface area contributed by atoms with E-state index in [2.05, 4.69) is 32.9 Å². The first-order valence-electron chi connectivity index (χ1n) is 9.15. The highest BCUT2D eigenvalue weighted by Crippen LogP contribution is 2.63. The first-order valence-corrected chi connectivity index (χ1v) is 9.15. The summed E-state index contributed by atoms with van der Waals surface area (Å²) in [5, 5.41) is 0. The molecule has 6 rings (SSSR count). The minimum absolute atomic E-state index is 0.198. The number of nitrogens with zero attached hydrogens (tertiary/aromatic N) is 3. The maximum Gasteiger partial charge on any atom is 0.113 e. The zero-order chi connectivity index (χ0) is 16.0. The Labute approximate surface area is 143 Å². The van der Waals surface area contributed by atoms with E-state index in [1.54, 1.807) is 0 Å². The molecule has 2 atom stereocenters. The molecule has 1 aromatic rings. The zero-order valence-corrected chi connectivity index (χ0v) is 14.0. The molecule has 122 valence electrons. The van der Waals surface area contributed by atoms with Crippen LogP contribution in [0.5, 0.6) is 0 Å². The molecule has 1 aromatic heterocycles. The summed E-state index contributed by atoms with van der Waals surface area (Å²) in [4.78, 5) is 11.2. The van der Waals surface area contributed by atoms with Gasteiger partial charge in [-0.15, -0.1) is 0 Å². The van der Waals surface area contributed by atoms with E-state index < -0.39 is 0 Å². The summed E-state index contributed by atoms with van der Waals surface area (Å²) in [7, 11) is 0. The predicted molar refractivity (Wildman–Crippen MR) is 95.3 cm³/mol. The summed E-state index contributed by atoms with van der Waals surface area (Å²) in [6, 6.07) is 6.00. The van der Waals surface area contributed by atoms with Gasteiger partial charge in [0.1, 0.15) is 5.69 Å². The Morgan fingerprint density at radius 3 is 2.71 bits per heavy atom. The lowest BCUT2D eigenvalue weighted by Crippen LogP contribution is -2.62. The van der Waals surface area contributed by atoms with Gasteiger partial charge in [0.2, 0.25) is 0 Å². The molecule has 3 nitrogen and oxygen atoms in total. The minimum atomic E-state index is 0.198. The average Bonchev–Trinajstić information content (AvgIpc) is 2.61. The molecule has 4 fully saturated rings. The number of rotatable bonds is 1. The van der Waals surface area contributed by atoms with Crippen molar-refractivity contribution in [3.8, 4) is 11.8 Å². The highest BCUT2D eigenvalue weighted by molar-refractivity contribution is 5.62. The van der Waals surface area contributed by atoms with Crippen molar-refractivity contribution in [2.24, 2.45) is 22.2 Å². The van der Waals surface area contributed by atoms with Crippen LogP contribution in [0.2, 0.25) is 0 Å². The zero-order valence-electron chi connectivity index (χ0n) is 14.0. The Kier molecular flexibility index (Phi) is 3.10. The third-order valence-electron chi connectivity index (χ3n) is 6.48. The fourth-order valence-corrected chi connectivity index (χ4v) is 6.06. The molecule has 4 saturated carbocycles. The molecular weight excluding hydrogens is 294 g/mol. The first kappa shape index (κ1) is 14.3. The van der Waals surface area contributed by atoms with E-state index >= 15 is 0 Å². The van der Waals surface area contributed by atoms with Gasteiger partial charge >= 0.3 is 0 Å². The smallest absolute Gasteiger partial charge is 0.113 e. The minimum Gasteiger partial charge on any atom is -0.365 e. The average molecular weight is 317 g/mol. The first-order chi connectivity index (χ1) is 11.8. The van der Waals surface area contributed by atoms with Gasteiger partial charge in [-0.2, -0.15) is 0 Å². The van der Waals surface area contributed by atoms with Gasteiger partial charge in [-0.3, -0.25) is 4.99 Å². The van der Waals surface area contributed by atoms with Gasteiger partial charge in [-0.25, -0.2) is 4.98 Å². The number of hydrogen-bond acceptors (Lipinski definition) is 3. The highest BCUT2D eigenvalue weighted by atomic mass is 15.2. The van der Waals surface area contributed by atoms with E-state index in [1.165, 1.54) is 38.5 Å². The van der Waals surface area contributed by atoms with Crippen molar-refractivity contribution in [2.75, 3.05) is 6.54 Å². The quantitative estimate of drug-likeness (QED) is 0.740. The van der Waals surface area contributed by atoms with E-state index in [-0.39, 0.29) is 5.41 Å². The third-order valence-corrected chi connectivity index (χ3v) is 6.48. The topological polar surface area (TPSA) is 28.5 Å². The van der Waals surface area contributed by atoms with Crippen molar-refractivity contribution >= 4 is 6.21 Å². The van der Waals surface area contributed by atoms with E-state index in [9.17, 15) is 0 Å². The summed E-state index contributed by atoms with van der Waals surface area (Å²) in [5.41, 5.74) is 1.42. The van der Waals surface area contributed by atoms with Gasteiger partial charge in [-0.05, 0) is 68.4 Å².